The Hall–Kier alpha value is -1.32. The Morgan fingerprint density at radius 2 is 1.86 bits per heavy atom. The summed E-state index contributed by atoms with van der Waals surface area (Å²) in [5.74, 6) is 2.83. The van der Waals surface area contributed by atoms with Gasteiger partial charge in [0.1, 0.15) is 6.10 Å². The van der Waals surface area contributed by atoms with E-state index in [1.165, 1.54) is 39.0 Å². The molecule has 4 rings (SSSR count). The fourth-order valence-corrected chi connectivity index (χ4v) is 8.25. The van der Waals surface area contributed by atoms with Gasteiger partial charge in [0.15, 0.2) is 0 Å². The first kappa shape index (κ1) is 20.9. The van der Waals surface area contributed by atoms with E-state index >= 15 is 0 Å². The van der Waals surface area contributed by atoms with Crippen LogP contribution in [0.15, 0.2) is 11.6 Å². The Morgan fingerprint density at radius 1 is 1.10 bits per heavy atom. The summed E-state index contributed by atoms with van der Waals surface area (Å²) in [7, 11) is 0. The maximum Gasteiger partial charge on any atom is 0.302 e. The van der Waals surface area contributed by atoms with Crippen molar-refractivity contribution in [3.8, 4) is 0 Å². The summed E-state index contributed by atoms with van der Waals surface area (Å²) in [6, 6.07) is 0.267. The molecule has 0 aromatic rings. The number of hydrogen-bond donors (Lipinski definition) is 1. The molecule has 4 aliphatic carbocycles. The van der Waals surface area contributed by atoms with E-state index in [1.54, 1.807) is 12.5 Å². The third-order valence-corrected chi connectivity index (χ3v) is 9.50. The van der Waals surface area contributed by atoms with E-state index in [-0.39, 0.29) is 29.4 Å². The van der Waals surface area contributed by atoms with Gasteiger partial charge >= 0.3 is 5.97 Å². The lowest BCUT2D eigenvalue weighted by Gasteiger charge is -2.58. The van der Waals surface area contributed by atoms with Crippen molar-refractivity contribution in [3.05, 3.63) is 11.6 Å². The van der Waals surface area contributed by atoms with E-state index in [0.717, 1.165) is 37.0 Å². The third-order valence-electron chi connectivity index (χ3n) is 9.50. The van der Waals surface area contributed by atoms with Crippen LogP contribution in [0.1, 0.15) is 86.0 Å². The van der Waals surface area contributed by atoms with Crippen LogP contribution >= 0.6 is 0 Å². The summed E-state index contributed by atoms with van der Waals surface area (Å²) >= 11 is 0. The quantitative estimate of drug-likeness (QED) is 0.533. The van der Waals surface area contributed by atoms with Crippen molar-refractivity contribution in [2.75, 3.05) is 0 Å². The summed E-state index contributed by atoms with van der Waals surface area (Å²) in [6.07, 6.45) is 12.0. The van der Waals surface area contributed by atoms with Crippen LogP contribution in [0.2, 0.25) is 0 Å². The number of esters is 1. The molecule has 4 heteroatoms. The molecule has 162 valence electrons. The van der Waals surface area contributed by atoms with Crippen molar-refractivity contribution in [2.24, 2.45) is 34.5 Å². The fraction of sp³-hybridized carbons (Fsp3) is 0.840. The number of hydrogen-bond acceptors (Lipinski definition) is 3. The second-order valence-electron chi connectivity index (χ2n) is 11.0. The molecule has 1 N–H and O–H groups in total. The van der Waals surface area contributed by atoms with E-state index in [4.69, 9.17) is 4.74 Å². The zero-order chi connectivity index (χ0) is 21.0. The first-order chi connectivity index (χ1) is 13.6. The Labute approximate surface area is 176 Å². The SMILES string of the molecule is CC(=O)N[C@@H](C)[C@@H]1CC[C@@H]2[C@H]3CC=C4C[C@@H](OC(C)=O)CC[C@]4(C)[C@H]3CC[C@@]21C. The van der Waals surface area contributed by atoms with Crippen molar-refractivity contribution < 1.29 is 14.3 Å². The minimum atomic E-state index is -0.147. The molecule has 4 aliphatic rings. The summed E-state index contributed by atoms with van der Waals surface area (Å²) in [5.41, 5.74) is 2.18. The Morgan fingerprint density at radius 3 is 2.55 bits per heavy atom. The van der Waals surface area contributed by atoms with Crippen molar-refractivity contribution in [2.45, 2.75) is 98.1 Å². The molecule has 0 heterocycles. The molecule has 3 saturated carbocycles. The molecule has 0 radical (unpaired) electrons. The van der Waals surface area contributed by atoms with Gasteiger partial charge in [-0.3, -0.25) is 9.59 Å². The van der Waals surface area contributed by atoms with Gasteiger partial charge in [-0.2, -0.15) is 0 Å². The normalized spacial score (nSPS) is 44.6. The summed E-state index contributed by atoms with van der Waals surface area (Å²) in [6.45, 7) is 10.4. The van der Waals surface area contributed by atoms with Gasteiger partial charge in [0.2, 0.25) is 5.91 Å². The second kappa shape index (κ2) is 7.42. The van der Waals surface area contributed by atoms with Crippen molar-refractivity contribution in [3.63, 3.8) is 0 Å². The first-order valence-electron chi connectivity index (χ1n) is 11.8. The maximum absolute atomic E-state index is 11.6. The number of carbonyl (C=O) groups is 2. The highest BCUT2D eigenvalue weighted by atomic mass is 16.5. The van der Waals surface area contributed by atoms with Crippen LogP contribution in [0.3, 0.4) is 0 Å². The fourth-order valence-electron chi connectivity index (χ4n) is 8.25. The highest BCUT2D eigenvalue weighted by Gasteiger charge is 2.59. The molecular formula is C25H39NO3. The molecule has 0 aromatic carbocycles. The smallest absolute Gasteiger partial charge is 0.302 e. The van der Waals surface area contributed by atoms with E-state index in [1.807, 2.05) is 0 Å². The highest BCUT2D eigenvalue weighted by Crippen LogP contribution is 2.66. The van der Waals surface area contributed by atoms with Crippen LogP contribution in [0.4, 0.5) is 0 Å². The van der Waals surface area contributed by atoms with Gasteiger partial charge in [-0.25, -0.2) is 0 Å². The molecule has 0 saturated heterocycles. The molecule has 0 aromatic heterocycles. The molecule has 3 fully saturated rings. The average molecular weight is 402 g/mol. The van der Waals surface area contributed by atoms with Crippen LogP contribution in [0, 0.1) is 34.5 Å². The molecule has 0 spiro atoms. The van der Waals surface area contributed by atoms with Crippen molar-refractivity contribution in [1.82, 2.24) is 5.32 Å². The summed E-state index contributed by atoms with van der Waals surface area (Å²) < 4.78 is 5.56. The molecule has 29 heavy (non-hydrogen) atoms. The van der Waals surface area contributed by atoms with Crippen molar-refractivity contribution in [1.29, 1.82) is 0 Å². The standard InChI is InChI=1S/C25H39NO3/c1-15(26-16(2)27)21-8-9-22-20-7-6-18-14-19(29-17(3)28)10-12-24(18,4)23(20)11-13-25(21,22)5/h6,15,19-23H,7-14H2,1-5H3,(H,26,27)/t15-,19-,20+,21-,22+,23-,24-,25+/m0/s1. The van der Waals surface area contributed by atoms with Gasteiger partial charge in [-0.15, -0.1) is 0 Å². The van der Waals surface area contributed by atoms with E-state index < -0.39 is 0 Å². The number of fused-ring (bicyclic) bond motifs is 5. The number of rotatable bonds is 3. The molecule has 0 bridgehead atoms. The second-order valence-corrected chi connectivity index (χ2v) is 11.0. The van der Waals surface area contributed by atoms with Gasteiger partial charge in [-0.1, -0.05) is 25.5 Å². The maximum atomic E-state index is 11.6. The number of carbonyl (C=O) groups excluding carboxylic acids is 2. The minimum absolute atomic E-state index is 0.0756. The lowest BCUT2D eigenvalue weighted by molar-refractivity contribution is -0.148. The number of amides is 1. The lowest BCUT2D eigenvalue weighted by atomic mass is 9.47. The van der Waals surface area contributed by atoms with Gasteiger partial charge in [0.05, 0.1) is 0 Å². The van der Waals surface area contributed by atoms with Crippen LogP contribution in [-0.4, -0.2) is 24.0 Å². The van der Waals surface area contributed by atoms with Gasteiger partial charge in [0, 0.05) is 26.3 Å². The zero-order valence-electron chi connectivity index (χ0n) is 18.9. The topological polar surface area (TPSA) is 55.4 Å². The number of ether oxygens (including phenoxy) is 1. The third kappa shape index (κ3) is 3.45. The van der Waals surface area contributed by atoms with Crippen LogP contribution < -0.4 is 5.32 Å². The first-order valence-corrected chi connectivity index (χ1v) is 11.8. The van der Waals surface area contributed by atoms with E-state index in [2.05, 4.69) is 32.2 Å². The van der Waals surface area contributed by atoms with Crippen LogP contribution in [0.25, 0.3) is 0 Å². The Kier molecular flexibility index (Phi) is 5.36. The molecular weight excluding hydrogens is 362 g/mol. The molecule has 0 unspecified atom stereocenters. The van der Waals surface area contributed by atoms with Gasteiger partial charge in [0.25, 0.3) is 0 Å². The average Bonchev–Trinajstić information content (AvgIpc) is 2.98. The molecule has 1 amide bonds. The number of allylic oxidation sites excluding steroid dienone is 1. The zero-order valence-corrected chi connectivity index (χ0v) is 18.9. The minimum Gasteiger partial charge on any atom is -0.462 e. The van der Waals surface area contributed by atoms with Gasteiger partial charge < -0.3 is 10.1 Å². The highest BCUT2D eigenvalue weighted by molar-refractivity contribution is 5.73. The lowest BCUT2D eigenvalue weighted by Crippen LogP contribution is -2.52. The van der Waals surface area contributed by atoms with E-state index in [9.17, 15) is 9.59 Å². The van der Waals surface area contributed by atoms with Crippen molar-refractivity contribution >= 4 is 11.9 Å². The Bertz CT molecular complexity index is 715. The molecule has 4 nitrogen and oxygen atoms in total. The molecule has 8 atom stereocenters. The largest absolute Gasteiger partial charge is 0.462 e. The van der Waals surface area contributed by atoms with Crippen LogP contribution in [0.5, 0.6) is 0 Å². The Balaban J connectivity index is 1.54. The van der Waals surface area contributed by atoms with E-state index in [0.29, 0.717) is 11.3 Å². The monoisotopic (exact) mass is 401 g/mol. The predicted molar refractivity (Wildman–Crippen MR) is 114 cm³/mol. The van der Waals surface area contributed by atoms with Crippen LogP contribution in [-0.2, 0) is 14.3 Å². The number of nitrogens with one attached hydrogen (secondary N) is 1. The predicted octanol–water partition coefficient (Wildman–Crippen LogP) is 5.02. The summed E-state index contributed by atoms with van der Waals surface area (Å²) in [4.78, 5) is 23.1. The summed E-state index contributed by atoms with van der Waals surface area (Å²) in [5, 5.41) is 3.20. The van der Waals surface area contributed by atoms with Gasteiger partial charge in [-0.05, 0) is 86.4 Å². The molecule has 0 aliphatic heterocycles.